The third-order valence-corrected chi connectivity index (χ3v) is 3.10. The van der Waals surface area contributed by atoms with Gasteiger partial charge in [0.25, 0.3) is 0 Å². The van der Waals surface area contributed by atoms with Crippen LogP contribution in [0, 0.1) is 5.41 Å². The van der Waals surface area contributed by atoms with Crippen LogP contribution < -0.4 is 0 Å². The summed E-state index contributed by atoms with van der Waals surface area (Å²) < 4.78 is 0. The van der Waals surface area contributed by atoms with E-state index in [2.05, 4.69) is 6.26 Å². The van der Waals surface area contributed by atoms with E-state index in [0.29, 0.717) is 12.0 Å². The van der Waals surface area contributed by atoms with Crippen LogP contribution in [0.2, 0.25) is 0 Å². The minimum atomic E-state index is 0.333. The quantitative estimate of drug-likeness (QED) is 0.651. The van der Waals surface area contributed by atoms with Crippen LogP contribution in [0.15, 0.2) is 0 Å². The number of hydrogen-bond donors (Lipinski definition) is 1. The van der Waals surface area contributed by atoms with E-state index >= 15 is 0 Å². The fourth-order valence-electron chi connectivity index (χ4n) is 1.33. The molecule has 0 unspecified atom stereocenters. The van der Waals surface area contributed by atoms with E-state index < -0.39 is 0 Å². The average Bonchev–Trinajstić information content (AvgIpc) is 1.79. The Morgan fingerprint density at radius 2 is 2.22 bits per heavy atom. The number of aliphatic hydroxyl groups excluding tert-OH is 1. The summed E-state index contributed by atoms with van der Waals surface area (Å²) in [5.41, 5.74) is 0.333. The zero-order valence-corrected chi connectivity index (χ0v) is 6.71. The van der Waals surface area contributed by atoms with Crippen LogP contribution >= 0.6 is 11.8 Å². The van der Waals surface area contributed by atoms with Gasteiger partial charge < -0.3 is 5.11 Å². The lowest BCUT2D eigenvalue weighted by Gasteiger charge is -2.39. The molecule has 1 nitrogen and oxygen atoms in total. The van der Waals surface area contributed by atoms with Gasteiger partial charge in [0.2, 0.25) is 0 Å². The predicted molar refractivity (Wildman–Crippen MR) is 41.8 cm³/mol. The van der Waals surface area contributed by atoms with Crippen LogP contribution in [0.4, 0.5) is 0 Å². The van der Waals surface area contributed by atoms with Crippen molar-refractivity contribution in [1.29, 1.82) is 0 Å². The molecule has 2 heteroatoms. The molecule has 0 aromatic carbocycles. The van der Waals surface area contributed by atoms with E-state index in [1.165, 1.54) is 19.3 Å². The second-order valence-electron chi connectivity index (χ2n) is 2.94. The Balaban J connectivity index is 2.28. The molecule has 0 amide bonds. The van der Waals surface area contributed by atoms with Gasteiger partial charge in [-0.05, 0) is 19.1 Å². The van der Waals surface area contributed by atoms with E-state index in [9.17, 15) is 0 Å². The molecule has 0 aromatic rings. The van der Waals surface area contributed by atoms with Crippen molar-refractivity contribution in [3.05, 3.63) is 0 Å². The third kappa shape index (κ3) is 1.41. The molecule has 9 heavy (non-hydrogen) atoms. The van der Waals surface area contributed by atoms with Crippen LogP contribution in [0.5, 0.6) is 0 Å². The van der Waals surface area contributed by atoms with E-state index in [-0.39, 0.29) is 0 Å². The molecule has 1 aliphatic carbocycles. The van der Waals surface area contributed by atoms with Gasteiger partial charge in [-0.2, -0.15) is 11.8 Å². The smallest absolute Gasteiger partial charge is 0.0495 e. The second-order valence-corrected chi connectivity index (χ2v) is 3.81. The molecule has 0 aromatic heterocycles. The fraction of sp³-hybridized carbons (Fsp3) is 1.00. The van der Waals surface area contributed by atoms with E-state index in [1.54, 1.807) is 0 Å². The number of rotatable bonds is 3. The molecular weight excluding hydrogens is 132 g/mol. The highest BCUT2D eigenvalue weighted by Crippen LogP contribution is 2.42. The van der Waals surface area contributed by atoms with Gasteiger partial charge in [-0.15, -0.1) is 0 Å². The molecule has 0 atom stereocenters. The summed E-state index contributed by atoms with van der Waals surface area (Å²) in [6.07, 6.45) is 5.91. The maximum absolute atomic E-state index is 8.95. The number of thioether (sulfide) groups is 1. The predicted octanol–water partition coefficient (Wildman–Crippen LogP) is 1.51. The standard InChI is InChI=1S/C7H14OS/c1-9-6-7(5-8)3-2-4-7/h8H,2-6H2,1H3. The molecule has 1 aliphatic rings. The summed E-state index contributed by atoms with van der Waals surface area (Å²) in [5, 5.41) is 8.95. The summed E-state index contributed by atoms with van der Waals surface area (Å²) in [6, 6.07) is 0. The van der Waals surface area contributed by atoms with Crippen molar-refractivity contribution >= 4 is 11.8 Å². The topological polar surface area (TPSA) is 20.2 Å². The van der Waals surface area contributed by atoms with Crippen molar-refractivity contribution in [2.45, 2.75) is 19.3 Å². The SMILES string of the molecule is CSCC1(CO)CCC1. The maximum atomic E-state index is 8.95. The molecule has 1 rings (SSSR count). The second kappa shape index (κ2) is 2.93. The van der Waals surface area contributed by atoms with Crippen molar-refractivity contribution in [1.82, 2.24) is 0 Å². The third-order valence-electron chi connectivity index (χ3n) is 2.20. The summed E-state index contributed by atoms with van der Waals surface area (Å²) in [4.78, 5) is 0. The first-order valence-corrected chi connectivity index (χ1v) is 4.82. The summed E-state index contributed by atoms with van der Waals surface area (Å²) >= 11 is 1.85. The highest BCUT2D eigenvalue weighted by Gasteiger charge is 2.35. The van der Waals surface area contributed by atoms with E-state index in [4.69, 9.17) is 5.11 Å². The first-order valence-electron chi connectivity index (χ1n) is 3.43. The zero-order chi connectivity index (χ0) is 6.74. The molecular formula is C7H14OS. The fourth-order valence-corrected chi connectivity index (χ4v) is 2.32. The summed E-state index contributed by atoms with van der Waals surface area (Å²) in [7, 11) is 0. The van der Waals surface area contributed by atoms with Gasteiger partial charge in [0, 0.05) is 17.8 Å². The number of aliphatic hydroxyl groups is 1. The Kier molecular flexibility index (Phi) is 2.42. The Bertz CT molecular complexity index is 83.4. The minimum Gasteiger partial charge on any atom is -0.396 e. The zero-order valence-electron chi connectivity index (χ0n) is 5.89. The summed E-state index contributed by atoms with van der Waals surface area (Å²) in [6.45, 7) is 0.397. The van der Waals surface area contributed by atoms with Gasteiger partial charge in [0.1, 0.15) is 0 Å². The highest BCUT2D eigenvalue weighted by atomic mass is 32.2. The Labute approximate surface area is 60.8 Å². The van der Waals surface area contributed by atoms with Gasteiger partial charge in [-0.25, -0.2) is 0 Å². The normalized spacial score (nSPS) is 23.3. The Hall–Kier alpha value is 0.310. The lowest BCUT2D eigenvalue weighted by Crippen LogP contribution is -2.35. The van der Waals surface area contributed by atoms with Gasteiger partial charge in [-0.3, -0.25) is 0 Å². The molecule has 1 N–H and O–H groups in total. The lowest BCUT2D eigenvalue weighted by atomic mass is 9.71. The number of hydrogen-bond acceptors (Lipinski definition) is 2. The Morgan fingerprint density at radius 3 is 2.33 bits per heavy atom. The maximum Gasteiger partial charge on any atom is 0.0495 e. The van der Waals surface area contributed by atoms with E-state index in [0.717, 1.165) is 5.75 Å². The lowest BCUT2D eigenvalue weighted by molar-refractivity contribution is 0.0686. The van der Waals surface area contributed by atoms with Gasteiger partial charge in [-0.1, -0.05) is 6.42 Å². The van der Waals surface area contributed by atoms with Crippen LogP contribution in [-0.2, 0) is 0 Å². The summed E-state index contributed by atoms with van der Waals surface area (Å²) in [5.74, 6) is 1.14. The first kappa shape index (κ1) is 7.42. The van der Waals surface area contributed by atoms with Gasteiger partial charge >= 0.3 is 0 Å². The van der Waals surface area contributed by atoms with E-state index in [1.807, 2.05) is 11.8 Å². The van der Waals surface area contributed by atoms with Crippen molar-refractivity contribution in [3.63, 3.8) is 0 Å². The van der Waals surface area contributed by atoms with Crippen LogP contribution in [0.1, 0.15) is 19.3 Å². The largest absolute Gasteiger partial charge is 0.396 e. The van der Waals surface area contributed by atoms with Gasteiger partial charge in [0.15, 0.2) is 0 Å². The van der Waals surface area contributed by atoms with Crippen molar-refractivity contribution in [2.75, 3.05) is 18.6 Å². The van der Waals surface area contributed by atoms with Crippen molar-refractivity contribution in [3.8, 4) is 0 Å². The molecule has 0 bridgehead atoms. The first-order chi connectivity index (χ1) is 4.33. The van der Waals surface area contributed by atoms with Crippen LogP contribution in [0.25, 0.3) is 0 Å². The molecule has 1 saturated carbocycles. The highest BCUT2D eigenvalue weighted by molar-refractivity contribution is 7.98. The molecule has 0 saturated heterocycles. The molecule has 0 radical (unpaired) electrons. The Morgan fingerprint density at radius 1 is 1.56 bits per heavy atom. The molecule has 0 aliphatic heterocycles. The minimum absolute atomic E-state index is 0.333. The van der Waals surface area contributed by atoms with Crippen LogP contribution in [-0.4, -0.2) is 23.7 Å². The monoisotopic (exact) mass is 146 g/mol. The van der Waals surface area contributed by atoms with Gasteiger partial charge in [0.05, 0.1) is 0 Å². The van der Waals surface area contributed by atoms with Crippen molar-refractivity contribution < 1.29 is 5.11 Å². The van der Waals surface area contributed by atoms with Crippen molar-refractivity contribution in [2.24, 2.45) is 5.41 Å². The van der Waals surface area contributed by atoms with Crippen LogP contribution in [0.3, 0.4) is 0 Å². The average molecular weight is 146 g/mol. The molecule has 1 fully saturated rings. The molecule has 0 heterocycles. The molecule has 54 valence electrons. The molecule has 0 spiro atoms.